The molecule has 0 atom stereocenters. The van der Waals surface area contributed by atoms with E-state index in [1.54, 1.807) is 0 Å². The van der Waals surface area contributed by atoms with E-state index in [4.69, 9.17) is 4.42 Å². The van der Waals surface area contributed by atoms with E-state index in [-0.39, 0.29) is 0 Å². The summed E-state index contributed by atoms with van der Waals surface area (Å²) in [5.74, 6) is 0. The molecule has 0 fully saturated rings. The second kappa shape index (κ2) is 14.3. The van der Waals surface area contributed by atoms with Crippen molar-refractivity contribution in [3.8, 4) is 11.1 Å². The Bertz CT molecular complexity index is 4030. The van der Waals surface area contributed by atoms with E-state index in [1.165, 1.54) is 85.2 Å². The molecule has 0 aliphatic heterocycles. The Kier molecular flexibility index (Phi) is 8.12. The van der Waals surface area contributed by atoms with Crippen molar-refractivity contribution >= 4 is 124 Å². The van der Waals surface area contributed by atoms with E-state index in [1.807, 2.05) is 23.5 Å². The number of hydrogen-bond donors (Lipinski definition) is 0. The van der Waals surface area contributed by atoms with E-state index in [0.717, 1.165) is 39.0 Å². The molecule has 294 valence electrons. The molecule has 0 spiro atoms. The van der Waals surface area contributed by atoms with Crippen molar-refractivity contribution in [3.63, 3.8) is 0 Å². The SMILES string of the molecule is c1ccc(-c2ccc(N(c3ccc4c(c3)oc3ccccc34)c3ccc4c5ccccc5c5ccccc5c5ccccc5c5cc6c(cc5c4c3)sc3ccccc36)cc2)cc1. The minimum absolute atomic E-state index is 0.861. The standard InChI is InChI=1S/C60H37NOS/c1-2-14-38(15-3-1)39-26-28-40(29-27-39)61(42-31-33-51-50-22-10-12-24-57(50)62-58(51)35-42)41-30-32-49-47-20-7-6-18-45(47)43-16-4-5-17-44(43)46-19-8-9-21-48(46)54-36-56-52-23-11-13-25-59(52)63-60(56)37-55(54)53(49)34-41/h1-37H. The van der Waals surface area contributed by atoms with Crippen molar-refractivity contribution in [1.82, 2.24) is 0 Å². The van der Waals surface area contributed by atoms with E-state index in [9.17, 15) is 0 Å². The Hall–Kier alpha value is -7.98. The largest absolute Gasteiger partial charge is 0.456 e. The summed E-state index contributed by atoms with van der Waals surface area (Å²) in [5.41, 5.74) is 7.26. The van der Waals surface area contributed by atoms with Gasteiger partial charge in [0.25, 0.3) is 0 Å². The highest BCUT2D eigenvalue weighted by Gasteiger charge is 2.19. The van der Waals surface area contributed by atoms with Gasteiger partial charge in [0.2, 0.25) is 0 Å². The molecule has 0 saturated heterocycles. The highest BCUT2D eigenvalue weighted by atomic mass is 32.1. The number of thiophene rings is 1. The smallest absolute Gasteiger partial charge is 0.137 e. The molecule has 0 bridgehead atoms. The van der Waals surface area contributed by atoms with Crippen LogP contribution < -0.4 is 4.90 Å². The summed E-state index contributed by atoms with van der Waals surface area (Å²) in [6.07, 6.45) is 0. The lowest BCUT2D eigenvalue weighted by Gasteiger charge is -2.26. The molecule has 0 aliphatic rings. The summed E-state index contributed by atoms with van der Waals surface area (Å²) in [7, 11) is 0. The van der Waals surface area contributed by atoms with Crippen LogP contribution in [0, 0.1) is 0 Å². The van der Waals surface area contributed by atoms with Gasteiger partial charge < -0.3 is 9.32 Å². The first-order valence-electron chi connectivity index (χ1n) is 21.5. The van der Waals surface area contributed by atoms with Crippen LogP contribution in [-0.4, -0.2) is 0 Å². The van der Waals surface area contributed by atoms with Gasteiger partial charge in [0.15, 0.2) is 0 Å². The topological polar surface area (TPSA) is 16.4 Å². The summed E-state index contributed by atoms with van der Waals surface area (Å²) >= 11 is 1.87. The zero-order valence-corrected chi connectivity index (χ0v) is 34.9. The predicted molar refractivity (Wildman–Crippen MR) is 272 cm³/mol. The maximum Gasteiger partial charge on any atom is 0.137 e. The molecule has 0 saturated carbocycles. The molecule has 0 N–H and O–H groups in total. The number of anilines is 3. The summed E-state index contributed by atoms with van der Waals surface area (Å²) in [5, 5.41) is 16.9. The normalized spacial score (nSPS) is 11.8. The highest BCUT2D eigenvalue weighted by Crippen LogP contribution is 2.45. The fourth-order valence-corrected chi connectivity index (χ4v) is 11.1. The first kappa shape index (κ1) is 35.7. The minimum Gasteiger partial charge on any atom is -0.456 e. The summed E-state index contributed by atoms with van der Waals surface area (Å²) in [6.45, 7) is 0. The second-order valence-corrected chi connectivity index (χ2v) is 17.5. The Morgan fingerprint density at radius 2 is 0.698 bits per heavy atom. The molecule has 11 aromatic carbocycles. The summed E-state index contributed by atoms with van der Waals surface area (Å²) < 4.78 is 9.10. The molecule has 2 aromatic heterocycles. The van der Waals surface area contributed by atoms with Crippen LogP contribution in [0.4, 0.5) is 17.1 Å². The molecule has 63 heavy (non-hydrogen) atoms. The molecule has 13 aromatic rings. The molecular weight excluding hydrogens is 783 g/mol. The van der Waals surface area contributed by atoms with Gasteiger partial charge in [-0.3, -0.25) is 0 Å². The van der Waals surface area contributed by atoms with Gasteiger partial charge in [0.1, 0.15) is 11.2 Å². The Morgan fingerprint density at radius 1 is 0.254 bits per heavy atom. The number of fused-ring (bicyclic) bond motifs is 16. The zero-order chi connectivity index (χ0) is 41.4. The van der Waals surface area contributed by atoms with Crippen LogP contribution >= 0.6 is 11.3 Å². The van der Waals surface area contributed by atoms with Crippen LogP contribution in [0.1, 0.15) is 0 Å². The number of para-hydroxylation sites is 1. The maximum atomic E-state index is 6.53. The van der Waals surface area contributed by atoms with Crippen molar-refractivity contribution in [2.24, 2.45) is 0 Å². The molecular formula is C60H37NOS. The van der Waals surface area contributed by atoms with Gasteiger partial charge in [-0.15, -0.1) is 11.3 Å². The third-order valence-electron chi connectivity index (χ3n) is 12.9. The Morgan fingerprint density at radius 3 is 1.37 bits per heavy atom. The van der Waals surface area contributed by atoms with Gasteiger partial charge in [-0.25, -0.2) is 0 Å². The highest BCUT2D eigenvalue weighted by molar-refractivity contribution is 7.25. The number of benzene rings is 10. The van der Waals surface area contributed by atoms with Crippen LogP contribution in [-0.2, 0) is 0 Å². The van der Waals surface area contributed by atoms with Crippen molar-refractivity contribution in [3.05, 3.63) is 224 Å². The van der Waals surface area contributed by atoms with E-state index in [0.29, 0.717) is 0 Å². The van der Waals surface area contributed by atoms with Crippen molar-refractivity contribution < 1.29 is 4.42 Å². The number of nitrogens with zero attached hydrogens (tertiary/aromatic N) is 1. The number of furan rings is 1. The fourth-order valence-electron chi connectivity index (χ4n) is 9.94. The van der Waals surface area contributed by atoms with E-state index in [2.05, 4.69) is 217 Å². The first-order chi connectivity index (χ1) is 31.2. The molecule has 13 rings (SSSR count). The molecule has 0 amide bonds. The lowest BCUT2D eigenvalue weighted by atomic mass is 9.93. The monoisotopic (exact) mass is 819 g/mol. The van der Waals surface area contributed by atoms with Gasteiger partial charge in [0, 0.05) is 54.1 Å². The molecule has 0 radical (unpaired) electrons. The van der Waals surface area contributed by atoms with Gasteiger partial charge in [0.05, 0.1) is 0 Å². The average molecular weight is 820 g/mol. The lowest BCUT2D eigenvalue weighted by molar-refractivity contribution is 0.669. The van der Waals surface area contributed by atoms with Gasteiger partial charge in [-0.05, 0) is 126 Å². The second-order valence-electron chi connectivity index (χ2n) is 16.4. The van der Waals surface area contributed by atoms with Gasteiger partial charge in [-0.2, -0.15) is 0 Å². The fraction of sp³-hybridized carbons (Fsp3) is 0. The first-order valence-corrected chi connectivity index (χ1v) is 22.3. The Balaban J connectivity index is 1.18. The molecule has 3 heteroatoms. The zero-order valence-electron chi connectivity index (χ0n) is 34.1. The minimum atomic E-state index is 0.861. The molecule has 2 nitrogen and oxygen atoms in total. The summed E-state index contributed by atoms with van der Waals surface area (Å²) in [4.78, 5) is 2.38. The van der Waals surface area contributed by atoms with Crippen LogP contribution in [0.2, 0.25) is 0 Å². The average Bonchev–Trinajstić information content (AvgIpc) is 3.91. The molecule has 0 unspecified atom stereocenters. The Labute approximate surface area is 367 Å². The number of rotatable bonds is 4. The molecule has 0 aliphatic carbocycles. The van der Waals surface area contributed by atoms with Gasteiger partial charge in [-0.1, -0.05) is 158 Å². The van der Waals surface area contributed by atoms with E-state index < -0.39 is 0 Å². The lowest BCUT2D eigenvalue weighted by Crippen LogP contribution is -2.09. The van der Waals surface area contributed by atoms with Gasteiger partial charge >= 0.3 is 0 Å². The van der Waals surface area contributed by atoms with Crippen LogP contribution in [0.25, 0.3) is 107 Å². The molecule has 2 heterocycles. The number of hydrogen-bond acceptors (Lipinski definition) is 3. The van der Waals surface area contributed by atoms with Crippen LogP contribution in [0.15, 0.2) is 229 Å². The van der Waals surface area contributed by atoms with Crippen molar-refractivity contribution in [1.29, 1.82) is 0 Å². The summed E-state index contributed by atoms with van der Waals surface area (Å²) in [6, 6.07) is 82.1. The maximum absolute atomic E-state index is 6.53. The van der Waals surface area contributed by atoms with E-state index >= 15 is 0 Å². The van der Waals surface area contributed by atoms with Crippen molar-refractivity contribution in [2.75, 3.05) is 4.90 Å². The third kappa shape index (κ3) is 5.78. The van der Waals surface area contributed by atoms with Crippen LogP contribution in [0.3, 0.4) is 0 Å². The van der Waals surface area contributed by atoms with Crippen molar-refractivity contribution in [2.45, 2.75) is 0 Å². The predicted octanol–water partition coefficient (Wildman–Crippen LogP) is 18.0. The third-order valence-corrected chi connectivity index (χ3v) is 14.0. The van der Waals surface area contributed by atoms with Crippen LogP contribution in [0.5, 0.6) is 0 Å². The quantitative estimate of drug-likeness (QED) is 0.176.